The molecular formula is C16H17FN2O. The van der Waals surface area contributed by atoms with Gasteiger partial charge in [-0.3, -0.25) is 4.79 Å². The van der Waals surface area contributed by atoms with Crippen LogP contribution in [0.4, 0.5) is 15.8 Å². The molecule has 0 bridgehead atoms. The third kappa shape index (κ3) is 3.35. The largest absolute Gasteiger partial charge is 0.374 e. The van der Waals surface area contributed by atoms with Crippen molar-refractivity contribution in [3.8, 4) is 0 Å². The van der Waals surface area contributed by atoms with Crippen molar-refractivity contribution < 1.29 is 9.18 Å². The summed E-state index contributed by atoms with van der Waals surface area (Å²) in [5.74, 6) is -0.720. The van der Waals surface area contributed by atoms with E-state index in [1.807, 2.05) is 31.2 Å². The van der Waals surface area contributed by atoms with E-state index in [0.29, 0.717) is 0 Å². The standard InChI is InChI=1S/C16H17FN2O/c1-11-7-3-5-9-14(11)18-12(2)16(20)19-15-10-6-4-8-13(15)17/h3-10,12,18H,1-2H3,(H,19,20). The lowest BCUT2D eigenvalue weighted by Gasteiger charge is -2.17. The van der Waals surface area contributed by atoms with Crippen LogP contribution in [0.25, 0.3) is 0 Å². The predicted molar refractivity (Wildman–Crippen MR) is 79.3 cm³/mol. The van der Waals surface area contributed by atoms with E-state index in [9.17, 15) is 9.18 Å². The lowest BCUT2D eigenvalue weighted by Crippen LogP contribution is -2.32. The first kappa shape index (κ1) is 14.1. The molecule has 0 saturated heterocycles. The first-order valence-corrected chi connectivity index (χ1v) is 6.45. The van der Waals surface area contributed by atoms with E-state index < -0.39 is 11.9 Å². The molecule has 3 nitrogen and oxygen atoms in total. The molecule has 4 heteroatoms. The van der Waals surface area contributed by atoms with Gasteiger partial charge in [0.15, 0.2) is 0 Å². The van der Waals surface area contributed by atoms with Crippen molar-refractivity contribution in [1.82, 2.24) is 0 Å². The minimum Gasteiger partial charge on any atom is -0.374 e. The molecule has 0 aliphatic heterocycles. The molecule has 2 rings (SSSR count). The van der Waals surface area contributed by atoms with Crippen LogP contribution in [-0.4, -0.2) is 11.9 Å². The molecule has 1 amide bonds. The molecule has 1 unspecified atom stereocenters. The Hall–Kier alpha value is -2.36. The summed E-state index contributed by atoms with van der Waals surface area (Å²) in [7, 11) is 0. The number of benzene rings is 2. The summed E-state index contributed by atoms with van der Waals surface area (Å²) in [5.41, 5.74) is 2.14. The van der Waals surface area contributed by atoms with Crippen LogP contribution in [0.3, 0.4) is 0 Å². The van der Waals surface area contributed by atoms with E-state index in [0.717, 1.165) is 11.3 Å². The van der Waals surface area contributed by atoms with Crippen LogP contribution < -0.4 is 10.6 Å². The molecule has 2 N–H and O–H groups in total. The van der Waals surface area contributed by atoms with E-state index in [1.54, 1.807) is 19.1 Å². The van der Waals surface area contributed by atoms with Gasteiger partial charge in [-0.1, -0.05) is 30.3 Å². The first-order valence-electron chi connectivity index (χ1n) is 6.45. The zero-order valence-corrected chi connectivity index (χ0v) is 11.5. The fourth-order valence-corrected chi connectivity index (χ4v) is 1.84. The van der Waals surface area contributed by atoms with Gasteiger partial charge >= 0.3 is 0 Å². The van der Waals surface area contributed by atoms with Gasteiger partial charge in [0, 0.05) is 5.69 Å². The second-order valence-corrected chi connectivity index (χ2v) is 4.65. The van der Waals surface area contributed by atoms with Gasteiger partial charge in [-0.15, -0.1) is 0 Å². The van der Waals surface area contributed by atoms with E-state index in [2.05, 4.69) is 10.6 Å². The molecule has 0 heterocycles. The molecule has 104 valence electrons. The molecule has 20 heavy (non-hydrogen) atoms. The Morgan fingerprint density at radius 3 is 2.30 bits per heavy atom. The first-order chi connectivity index (χ1) is 9.58. The summed E-state index contributed by atoms with van der Waals surface area (Å²) in [6, 6.07) is 13.4. The minimum absolute atomic E-state index is 0.191. The smallest absolute Gasteiger partial charge is 0.246 e. The van der Waals surface area contributed by atoms with Gasteiger partial charge in [0.25, 0.3) is 0 Å². The molecule has 2 aromatic carbocycles. The number of rotatable bonds is 4. The average Bonchev–Trinajstić information content (AvgIpc) is 2.43. The maximum atomic E-state index is 13.5. The number of carbonyl (C=O) groups is 1. The number of anilines is 2. The number of aryl methyl sites for hydroxylation is 1. The van der Waals surface area contributed by atoms with Crippen LogP contribution >= 0.6 is 0 Å². The summed E-state index contributed by atoms with van der Waals surface area (Å²) in [5, 5.41) is 5.69. The van der Waals surface area contributed by atoms with E-state index in [1.165, 1.54) is 12.1 Å². The topological polar surface area (TPSA) is 41.1 Å². The Kier molecular flexibility index (Phi) is 4.35. The van der Waals surface area contributed by atoms with Crippen LogP contribution in [-0.2, 0) is 4.79 Å². The highest BCUT2D eigenvalue weighted by molar-refractivity contribution is 5.96. The summed E-state index contributed by atoms with van der Waals surface area (Å²) in [6.07, 6.45) is 0. The number of hydrogen-bond acceptors (Lipinski definition) is 2. The monoisotopic (exact) mass is 272 g/mol. The molecule has 0 saturated carbocycles. The zero-order valence-electron chi connectivity index (χ0n) is 11.5. The molecular weight excluding hydrogens is 255 g/mol. The molecule has 2 aromatic rings. The third-order valence-corrected chi connectivity index (χ3v) is 3.04. The Bertz CT molecular complexity index is 613. The number of hydrogen-bond donors (Lipinski definition) is 2. The molecule has 0 spiro atoms. The molecule has 0 radical (unpaired) electrons. The molecule has 0 aromatic heterocycles. The van der Waals surface area contributed by atoms with Gasteiger partial charge in [0.2, 0.25) is 5.91 Å². The van der Waals surface area contributed by atoms with Crippen LogP contribution in [0, 0.1) is 12.7 Å². The van der Waals surface area contributed by atoms with E-state index in [4.69, 9.17) is 0 Å². The summed E-state index contributed by atoms with van der Waals surface area (Å²) in [6.45, 7) is 3.70. The number of para-hydroxylation sites is 2. The number of nitrogens with one attached hydrogen (secondary N) is 2. The Labute approximate surface area is 117 Å². The number of carbonyl (C=O) groups excluding carboxylic acids is 1. The Morgan fingerprint density at radius 1 is 1.05 bits per heavy atom. The van der Waals surface area contributed by atoms with Crippen molar-refractivity contribution in [3.63, 3.8) is 0 Å². The lowest BCUT2D eigenvalue weighted by atomic mass is 10.2. The van der Waals surface area contributed by atoms with E-state index >= 15 is 0 Å². The molecule has 1 atom stereocenters. The summed E-state index contributed by atoms with van der Waals surface area (Å²) >= 11 is 0. The SMILES string of the molecule is Cc1ccccc1NC(C)C(=O)Nc1ccccc1F. The average molecular weight is 272 g/mol. The van der Waals surface area contributed by atoms with Crippen molar-refractivity contribution in [2.75, 3.05) is 10.6 Å². The van der Waals surface area contributed by atoms with Crippen molar-refractivity contribution in [2.24, 2.45) is 0 Å². The molecule has 0 aliphatic carbocycles. The van der Waals surface area contributed by atoms with Gasteiger partial charge in [0.05, 0.1) is 5.69 Å². The van der Waals surface area contributed by atoms with Crippen molar-refractivity contribution in [2.45, 2.75) is 19.9 Å². The highest BCUT2D eigenvalue weighted by Crippen LogP contribution is 2.16. The van der Waals surface area contributed by atoms with Gasteiger partial charge in [-0.2, -0.15) is 0 Å². The quantitative estimate of drug-likeness (QED) is 0.893. The molecule has 0 aliphatic rings. The van der Waals surface area contributed by atoms with Crippen LogP contribution in [0.15, 0.2) is 48.5 Å². The fourth-order valence-electron chi connectivity index (χ4n) is 1.84. The van der Waals surface area contributed by atoms with Crippen LogP contribution in [0.1, 0.15) is 12.5 Å². The number of halogens is 1. The minimum atomic E-state index is -0.462. The second kappa shape index (κ2) is 6.19. The molecule has 0 fully saturated rings. The van der Waals surface area contributed by atoms with Crippen molar-refractivity contribution in [1.29, 1.82) is 0 Å². The van der Waals surface area contributed by atoms with Crippen molar-refractivity contribution >= 4 is 17.3 Å². The lowest BCUT2D eigenvalue weighted by molar-refractivity contribution is -0.116. The second-order valence-electron chi connectivity index (χ2n) is 4.65. The van der Waals surface area contributed by atoms with Gasteiger partial charge < -0.3 is 10.6 Å². The predicted octanol–water partition coefficient (Wildman–Crippen LogP) is 3.57. The van der Waals surface area contributed by atoms with Gasteiger partial charge in [-0.05, 0) is 37.6 Å². The highest BCUT2D eigenvalue weighted by atomic mass is 19.1. The maximum Gasteiger partial charge on any atom is 0.246 e. The van der Waals surface area contributed by atoms with Gasteiger partial charge in [-0.25, -0.2) is 4.39 Å². The zero-order chi connectivity index (χ0) is 14.5. The summed E-state index contributed by atoms with van der Waals surface area (Å²) < 4.78 is 13.5. The maximum absolute atomic E-state index is 13.5. The normalized spacial score (nSPS) is 11.8. The Balaban J connectivity index is 2.03. The van der Waals surface area contributed by atoms with Gasteiger partial charge in [0.1, 0.15) is 11.9 Å². The fraction of sp³-hybridized carbons (Fsp3) is 0.188. The van der Waals surface area contributed by atoms with E-state index in [-0.39, 0.29) is 11.6 Å². The summed E-state index contributed by atoms with van der Waals surface area (Å²) in [4.78, 5) is 12.0. The van der Waals surface area contributed by atoms with Crippen LogP contribution in [0.5, 0.6) is 0 Å². The number of amides is 1. The van der Waals surface area contributed by atoms with Crippen LogP contribution in [0.2, 0.25) is 0 Å². The van der Waals surface area contributed by atoms with Crippen molar-refractivity contribution in [3.05, 3.63) is 59.9 Å². The Morgan fingerprint density at radius 2 is 1.65 bits per heavy atom. The third-order valence-electron chi connectivity index (χ3n) is 3.04. The highest BCUT2D eigenvalue weighted by Gasteiger charge is 2.14.